The van der Waals surface area contributed by atoms with E-state index in [1.165, 1.54) is 0 Å². The molecule has 2 heterocycles. The lowest BCUT2D eigenvalue weighted by molar-refractivity contribution is 0.551. The van der Waals surface area contributed by atoms with E-state index in [0.717, 1.165) is 28.7 Å². The fourth-order valence-corrected chi connectivity index (χ4v) is 2.18. The fraction of sp³-hybridized carbons (Fsp3) is 0.300. The molecule has 0 fully saturated rings. The molecule has 0 radical (unpaired) electrons. The largest absolute Gasteiger partial charge is 0.463 e. The van der Waals surface area contributed by atoms with Gasteiger partial charge in [-0.15, -0.1) is 11.8 Å². The van der Waals surface area contributed by atoms with Crippen LogP contribution in [0.5, 0.6) is 0 Å². The summed E-state index contributed by atoms with van der Waals surface area (Å²) in [4.78, 5) is 4.37. The number of furan rings is 1. The van der Waals surface area contributed by atoms with Gasteiger partial charge >= 0.3 is 0 Å². The second-order valence-corrected chi connectivity index (χ2v) is 4.13. The predicted molar refractivity (Wildman–Crippen MR) is 60.2 cm³/mol. The number of aliphatic imine (C=N–C) groups is 1. The maximum atomic E-state index is 5.95. The lowest BCUT2D eigenvalue weighted by Gasteiger charge is -2.03. The van der Waals surface area contributed by atoms with Crippen molar-refractivity contribution in [3.8, 4) is 0 Å². The van der Waals surface area contributed by atoms with Gasteiger partial charge in [0.15, 0.2) is 0 Å². The maximum absolute atomic E-state index is 5.95. The van der Waals surface area contributed by atoms with Gasteiger partial charge in [0.1, 0.15) is 5.76 Å². The summed E-state index contributed by atoms with van der Waals surface area (Å²) < 4.78 is 5.23. The van der Waals surface area contributed by atoms with Crippen LogP contribution in [0.2, 0.25) is 0 Å². The van der Waals surface area contributed by atoms with Crippen LogP contribution >= 0.6 is 11.8 Å². The van der Waals surface area contributed by atoms with E-state index in [0.29, 0.717) is 5.70 Å². The van der Waals surface area contributed by atoms with Crippen LogP contribution in [-0.4, -0.2) is 17.3 Å². The van der Waals surface area contributed by atoms with Gasteiger partial charge in [0.25, 0.3) is 0 Å². The average Bonchev–Trinajstić information content (AvgIpc) is 2.87. The van der Waals surface area contributed by atoms with Crippen LogP contribution in [0.15, 0.2) is 33.4 Å². The molecule has 0 unspecified atom stereocenters. The van der Waals surface area contributed by atoms with E-state index in [1.807, 2.05) is 19.1 Å². The third kappa shape index (κ3) is 1.70. The molecule has 3 nitrogen and oxygen atoms in total. The van der Waals surface area contributed by atoms with E-state index < -0.39 is 0 Å². The van der Waals surface area contributed by atoms with E-state index >= 15 is 0 Å². The number of thioether (sulfide) groups is 1. The van der Waals surface area contributed by atoms with Crippen LogP contribution < -0.4 is 5.73 Å². The van der Waals surface area contributed by atoms with E-state index in [4.69, 9.17) is 10.2 Å². The lowest BCUT2D eigenvalue weighted by Crippen LogP contribution is -2.03. The molecular weight excluding hydrogens is 196 g/mol. The summed E-state index contributed by atoms with van der Waals surface area (Å²) in [5.41, 5.74) is 7.65. The minimum absolute atomic E-state index is 0.683. The molecule has 0 bridgehead atoms. The molecule has 1 aromatic heterocycles. The van der Waals surface area contributed by atoms with Gasteiger partial charge in [0, 0.05) is 17.9 Å². The van der Waals surface area contributed by atoms with Gasteiger partial charge in [0.2, 0.25) is 0 Å². The minimum Gasteiger partial charge on any atom is -0.463 e. The summed E-state index contributed by atoms with van der Waals surface area (Å²) in [7, 11) is 0. The van der Waals surface area contributed by atoms with Crippen molar-refractivity contribution in [2.24, 2.45) is 10.7 Å². The molecule has 0 aromatic carbocycles. The van der Waals surface area contributed by atoms with Gasteiger partial charge in [-0.25, -0.2) is 0 Å². The standard InChI is InChI=1S/C10H12N2OS/c1-7(10-12-4-6-14-10)9(11)8-3-2-5-13-8/h2-3,5H,4,6,11H2,1H3/b9-7-. The van der Waals surface area contributed by atoms with Crippen molar-refractivity contribution in [3.05, 3.63) is 29.7 Å². The highest BCUT2D eigenvalue weighted by molar-refractivity contribution is 8.14. The highest BCUT2D eigenvalue weighted by atomic mass is 32.2. The van der Waals surface area contributed by atoms with Crippen molar-refractivity contribution in [3.63, 3.8) is 0 Å². The third-order valence-corrected chi connectivity index (χ3v) is 3.19. The quantitative estimate of drug-likeness (QED) is 0.809. The lowest BCUT2D eigenvalue weighted by atomic mass is 10.2. The van der Waals surface area contributed by atoms with Crippen molar-refractivity contribution in [2.75, 3.05) is 12.3 Å². The first-order valence-electron chi connectivity index (χ1n) is 4.47. The van der Waals surface area contributed by atoms with E-state index in [-0.39, 0.29) is 0 Å². The smallest absolute Gasteiger partial charge is 0.149 e. The Morgan fingerprint density at radius 2 is 2.50 bits per heavy atom. The van der Waals surface area contributed by atoms with Crippen LogP contribution in [0.25, 0.3) is 5.70 Å². The van der Waals surface area contributed by atoms with E-state index in [1.54, 1.807) is 18.0 Å². The van der Waals surface area contributed by atoms with Crippen LogP contribution in [0.3, 0.4) is 0 Å². The maximum Gasteiger partial charge on any atom is 0.149 e. The van der Waals surface area contributed by atoms with Gasteiger partial charge in [-0.3, -0.25) is 4.99 Å². The first kappa shape index (κ1) is 9.40. The molecule has 14 heavy (non-hydrogen) atoms. The van der Waals surface area contributed by atoms with Crippen LogP contribution in [0, 0.1) is 0 Å². The summed E-state index contributed by atoms with van der Waals surface area (Å²) in [6, 6.07) is 3.69. The molecule has 0 spiro atoms. The molecule has 1 aromatic rings. The first-order valence-corrected chi connectivity index (χ1v) is 5.45. The molecule has 4 heteroatoms. The van der Waals surface area contributed by atoms with Gasteiger partial charge < -0.3 is 10.2 Å². The summed E-state index contributed by atoms with van der Waals surface area (Å²) in [6.45, 7) is 2.87. The Balaban J connectivity index is 2.30. The second kappa shape index (κ2) is 3.92. The molecule has 0 saturated carbocycles. The number of nitrogens with two attached hydrogens (primary N) is 1. The first-order chi connectivity index (χ1) is 6.79. The summed E-state index contributed by atoms with van der Waals surface area (Å²) in [5, 5.41) is 1.04. The van der Waals surface area contributed by atoms with Crippen LogP contribution in [-0.2, 0) is 0 Å². The Kier molecular flexibility index (Phi) is 2.63. The van der Waals surface area contributed by atoms with Gasteiger partial charge in [-0.05, 0) is 19.1 Å². The zero-order chi connectivity index (χ0) is 9.97. The second-order valence-electron chi connectivity index (χ2n) is 3.05. The fourth-order valence-electron chi connectivity index (χ4n) is 1.29. The molecule has 1 aliphatic heterocycles. The van der Waals surface area contributed by atoms with E-state index in [2.05, 4.69) is 4.99 Å². The van der Waals surface area contributed by atoms with Gasteiger partial charge in [0.05, 0.1) is 17.0 Å². The third-order valence-electron chi connectivity index (χ3n) is 2.10. The van der Waals surface area contributed by atoms with Crippen LogP contribution in [0.4, 0.5) is 0 Å². The highest BCUT2D eigenvalue weighted by Crippen LogP contribution is 2.23. The zero-order valence-electron chi connectivity index (χ0n) is 7.99. The Bertz CT molecular complexity index is 379. The normalized spacial score (nSPS) is 17.9. The number of nitrogens with zero attached hydrogens (tertiary/aromatic N) is 1. The topological polar surface area (TPSA) is 51.5 Å². The average molecular weight is 208 g/mol. The molecule has 0 atom stereocenters. The summed E-state index contributed by atoms with van der Waals surface area (Å²) in [5.74, 6) is 1.77. The Labute approximate surface area is 87.1 Å². The predicted octanol–water partition coefficient (Wildman–Crippen LogP) is 2.11. The van der Waals surface area contributed by atoms with Crippen molar-refractivity contribution in [2.45, 2.75) is 6.92 Å². The summed E-state index contributed by atoms with van der Waals surface area (Å²) in [6.07, 6.45) is 1.62. The molecule has 2 N–H and O–H groups in total. The monoisotopic (exact) mass is 208 g/mol. The SMILES string of the molecule is C/C(C1=NCCS1)=C(/N)c1ccco1. The Hall–Kier alpha value is -1.16. The highest BCUT2D eigenvalue weighted by Gasteiger charge is 2.13. The van der Waals surface area contributed by atoms with E-state index in [9.17, 15) is 0 Å². The molecule has 0 amide bonds. The molecule has 0 aliphatic carbocycles. The van der Waals surface area contributed by atoms with Crippen molar-refractivity contribution in [1.29, 1.82) is 0 Å². The molecular formula is C10H12N2OS. The van der Waals surface area contributed by atoms with Crippen molar-refractivity contribution < 1.29 is 4.42 Å². The Morgan fingerprint density at radius 3 is 3.07 bits per heavy atom. The summed E-state index contributed by atoms with van der Waals surface area (Å²) >= 11 is 1.75. The molecule has 0 saturated heterocycles. The van der Waals surface area contributed by atoms with Crippen molar-refractivity contribution in [1.82, 2.24) is 0 Å². The minimum atomic E-state index is 0.683. The van der Waals surface area contributed by atoms with Gasteiger partial charge in [-0.2, -0.15) is 0 Å². The molecule has 74 valence electrons. The zero-order valence-corrected chi connectivity index (χ0v) is 8.80. The van der Waals surface area contributed by atoms with Crippen molar-refractivity contribution >= 4 is 22.5 Å². The number of rotatable bonds is 2. The Morgan fingerprint density at radius 1 is 1.64 bits per heavy atom. The number of hydrogen-bond acceptors (Lipinski definition) is 4. The van der Waals surface area contributed by atoms with Gasteiger partial charge in [-0.1, -0.05) is 0 Å². The molecule has 2 rings (SSSR count). The molecule has 1 aliphatic rings. The number of hydrogen-bond donors (Lipinski definition) is 1. The van der Waals surface area contributed by atoms with Crippen LogP contribution in [0.1, 0.15) is 12.7 Å².